The first kappa shape index (κ1) is 14.7. The summed E-state index contributed by atoms with van der Waals surface area (Å²) >= 11 is 5.99. The van der Waals surface area contributed by atoms with Crippen LogP contribution in [0.15, 0.2) is 59.0 Å². The van der Waals surface area contributed by atoms with E-state index in [1.54, 1.807) is 12.1 Å². The molecule has 2 aromatic heterocycles. The predicted octanol–water partition coefficient (Wildman–Crippen LogP) is 5.20. The molecule has 5 heteroatoms. The maximum atomic E-state index is 12.4. The van der Waals surface area contributed by atoms with Gasteiger partial charge in [-0.1, -0.05) is 35.4 Å². The normalized spacial score (nSPS) is 11.1. The minimum Gasteiger partial charge on any atom is -0.433 e. The Hall–Kier alpha value is -2.85. The number of amides is 1. The van der Waals surface area contributed by atoms with Gasteiger partial charge in [0.1, 0.15) is 0 Å². The lowest BCUT2D eigenvalue weighted by Crippen LogP contribution is -2.10. The highest BCUT2D eigenvalue weighted by Crippen LogP contribution is 2.25. The maximum absolute atomic E-state index is 12.4. The van der Waals surface area contributed by atoms with E-state index in [0.717, 1.165) is 27.5 Å². The Morgan fingerprint density at radius 1 is 1.04 bits per heavy atom. The molecule has 2 heterocycles. The highest BCUT2D eigenvalue weighted by atomic mass is 35.5. The Kier molecular flexibility index (Phi) is 3.47. The zero-order valence-corrected chi connectivity index (χ0v) is 13.6. The van der Waals surface area contributed by atoms with E-state index >= 15 is 0 Å². The third-order valence-corrected chi connectivity index (χ3v) is 4.03. The Bertz CT molecular complexity index is 1070. The lowest BCUT2D eigenvalue weighted by atomic mass is 10.2. The van der Waals surface area contributed by atoms with E-state index in [1.165, 1.54) is 0 Å². The molecule has 0 unspecified atom stereocenters. The van der Waals surface area contributed by atoms with Crippen molar-refractivity contribution in [2.24, 2.45) is 0 Å². The quantitative estimate of drug-likeness (QED) is 0.547. The topological polar surface area (TPSA) is 55.1 Å². The second-order valence-corrected chi connectivity index (χ2v) is 6.09. The number of nitrogens with zero attached hydrogens (tertiary/aromatic N) is 1. The number of anilines is 1. The molecule has 0 saturated carbocycles. The summed E-state index contributed by atoms with van der Waals surface area (Å²) in [6.45, 7) is 1.99. The van der Waals surface area contributed by atoms with Crippen molar-refractivity contribution in [2.45, 2.75) is 6.92 Å². The molecule has 2 aromatic carbocycles. The van der Waals surface area contributed by atoms with Crippen LogP contribution in [-0.4, -0.2) is 10.9 Å². The number of fused-ring (bicyclic) bond motifs is 2. The zero-order valence-electron chi connectivity index (χ0n) is 12.8. The summed E-state index contributed by atoms with van der Waals surface area (Å²) in [5.74, 6) is -0.0848. The number of aryl methyl sites for hydroxylation is 1. The van der Waals surface area contributed by atoms with Crippen molar-refractivity contribution in [2.75, 3.05) is 5.32 Å². The molecular weight excluding hydrogens is 324 g/mol. The van der Waals surface area contributed by atoms with Crippen LogP contribution in [0.2, 0.25) is 5.02 Å². The molecule has 0 aliphatic carbocycles. The number of aromatic nitrogens is 1. The van der Waals surface area contributed by atoms with Crippen molar-refractivity contribution in [1.29, 1.82) is 0 Å². The second kappa shape index (κ2) is 5.65. The molecule has 4 rings (SSSR count). The first-order valence-electron chi connectivity index (χ1n) is 7.46. The largest absolute Gasteiger partial charge is 0.433 e. The summed E-state index contributed by atoms with van der Waals surface area (Å²) in [5.41, 5.74) is 3.00. The van der Waals surface area contributed by atoms with Gasteiger partial charge in [-0.25, -0.2) is 4.98 Å². The van der Waals surface area contributed by atoms with Crippen LogP contribution >= 0.6 is 11.6 Å². The van der Waals surface area contributed by atoms with Crippen LogP contribution in [0.1, 0.15) is 16.1 Å². The number of pyridine rings is 1. The van der Waals surface area contributed by atoms with Crippen molar-refractivity contribution in [3.63, 3.8) is 0 Å². The number of furan rings is 1. The monoisotopic (exact) mass is 336 g/mol. The average molecular weight is 337 g/mol. The summed E-state index contributed by atoms with van der Waals surface area (Å²) in [7, 11) is 0. The Morgan fingerprint density at radius 2 is 1.83 bits per heavy atom. The van der Waals surface area contributed by atoms with E-state index in [-0.39, 0.29) is 11.7 Å². The minimum atomic E-state index is -0.307. The molecule has 0 aliphatic rings. The minimum absolute atomic E-state index is 0.222. The highest BCUT2D eigenvalue weighted by Gasteiger charge is 2.14. The maximum Gasteiger partial charge on any atom is 0.291 e. The number of carbonyl (C=O) groups excluding carboxylic acids is 1. The van der Waals surface area contributed by atoms with Crippen LogP contribution in [0, 0.1) is 6.92 Å². The lowest BCUT2D eigenvalue weighted by Gasteiger charge is -2.02. The number of rotatable bonds is 2. The van der Waals surface area contributed by atoms with E-state index in [4.69, 9.17) is 16.0 Å². The van der Waals surface area contributed by atoms with Gasteiger partial charge in [-0.05, 0) is 43.3 Å². The van der Waals surface area contributed by atoms with Crippen molar-refractivity contribution >= 4 is 45.2 Å². The van der Waals surface area contributed by atoms with Gasteiger partial charge >= 0.3 is 0 Å². The number of halogens is 1. The van der Waals surface area contributed by atoms with Crippen molar-refractivity contribution in [1.82, 2.24) is 4.98 Å². The van der Waals surface area contributed by atoms with Gasteiger partial charge in [-0.15, -0.1) is 0 Å². The fraction of sp³-hybridized carbons (Fsp3) is 0.0526. The third-order valence-electron chi connectivity index (χ3n) is 3.80. The first-order chi connectivity index (χ1) is 11.6. The molecule has 1 N–H and O–H groups in total. The Balaban J connectivity index is 1.69. The molecule has 0 fully saturated rings. The lowest BCUT2D eigenvalue weighted by molar-refractivity contribution is 0.0998. The molecule has 4 nitrogen and oxygen atoms in total. The van der Waals surface area contributed by atoms with Gasteiger partial charge in [0.15, 0.2) is 5.76 Å². The molecule has 0 spiro atoms. The van der Waals surface area contributed by atoms with Gasteiger partial charge < -0.3 is 9.73 Å². The van der Waals surface area contributed by atoms with Gasteiger partial charge in [0.2, 0.25) is 5.71 Å². The Morgan fingerprint density at radius 3 is 2.62 bits per heavy atom. The van der Waals surface area contributed by atoms with E-state index in [0.29, 0.717) is 10.7 Å². The molecule has 0 bridgehead atoms. The number of benzene rings is 2. The van der Waals surface area contributed by atoms with Crippen molar-refractivity contribution in [3.05, 3.63) is 70.9 Å². The summed E-state index contributed by atoms with van der Waals surface area (Å²) in [6.07, 6.45) is 0. The van der Waals surface area contributed by atoms with E-state index < -0.39 is 0 Å². The molecule has 0 saturated heterocycles. The number of hydrogen-bond donors (Lipinski definition) is 1. The van der Waals surface area contributed by atoms with Crippen LogP contribution < -0.4 is 5.32 Å². The molecule has 118 valence electrons. The van der Waals surface area contributed by atoms with Gasteiger partial charge in [0.05, 0.1) is 5.52 Å². The summed E-state index contributed by atoms with van der Waals surface area (Å²) in [5, 5.41) is 5.14. The van der Waals surface area contributed by atoms with Gasteiger partial charge in [0.25, 0.3) is 5.91 Å². The Labute approximate surface area is 143 Å². The fourth-order valence-corrected chi connectivity index (χ4v) is 2.71. The summed E-state index contributed by atoms with van der Waals surface area (Å²) < 4.78 is 5.61. The molecule has 1 amide bonds. The highest BCUT2D eigenvalue weighted by molar-refractivity contribution is 6.31. The van der Waals surface area contributed by atoms with Crippen LogP contribution in [0.4, 0.5) is 5.69 Å². The van der Waals surface area contributed by atoms with Gasteiger partial charge in [-0.2, -0.15) is 0 Å². The molecule has 4 aromatic rings. The smallest absolute Gasteiger partial charge is 0.291 e. The van der Waals surface area contributed by atoms with Crippen LogP contribution in [0.5, 0.6) is 0 Å². The van der Waals surface area contributed by atoms with E-state index in [2.05, 4.69) is 10.3 Å². The van der Waals surface area contributed by atoms with Crippen LogP contribution in [-0.2, 0) is 0 Å². The number of carbonyl (C=O) groups is 1. The van der Waals surface area contributed by atoms with Crippen molar-refractivity contribution < 1.29 is 9.21 Å². The zero-order chi connectivity index (χ0) is 16.7. The van der Waals surface area contributed by atoms with Crippen molar-refractivity contribution in [3.8, 4) is 0 Å². The number of hydrogen-bond acceptors (Lipinski definition) is 3. The summed E-state index contributed by atoms with van der Waals surface area (Å²) in [4.78, 5) is 16.8. The standard InChI is InChI=1S/C19H13ClN2O2/c1-11-2-6-15(7-3-11)21-18(23)17-9-13-8-12-4-5-14(20)10-16(12)22-19(13)24-17/h2-10H,1H3,(H,21,23). The van der Waals surface area contributed by atoms with E-state index in [9.17, 15) is 4.79 Å². The molecule has 24 heavy (non-hydrogen) atoms. The van der Waals surface area contributed by atoms with Crippen LogP contribution in [0.3, 0.4) is 0 Å². The molecular formula is C19H13ClN2O2. The number of nitrogens with one attached hydrogen (secondary N) is 1. The van der Waals surface area contributed by atoms with E-state index in [1.807, 2.05) is 49.4 Å². The SMILES string of the molecule is Cc1ccc(NC(=O)c2cc3cc4ccc(Cl)cc4nc3o2)cc1. The first-order valence-corrected chi connectivity index (χ1v) is 7.84. The van der Waals surface area contributed by atoms with Gasteiger partial charge in [-0.3, -0.25) is 4.79 Å². The molecule has 0 aliphatic heterocycles. The molecule has 0 radical (unpaired) electrons. The molecule has 0 atom stereocenters. The predicted molar refractivity (Wildman–Crippen MR) is 95.7 cm³/mol. The van der Waals surface area contributed by atoms with Crippen LogP contribution in [0.25, 0.3) is 22.0 Å². The summed E-state index contributed by atoms with van der Waals surface area (Å²) in [6, 6.07) is 16.7. The van der Waals surface area contributed by atoms with Gasteiger partial charge in [0, 0.05) is 21.5 Å². The second-order valence-electron chi connectivity index (χ2n) is 5.65. The fourth-order valence-electron chi connectivity index (χ4n) is 2.54. The third kappa shape index (κ3) is 2.72. The average Bonchev–Trinajstić information content (AvgIpc) is 2.97.